The summed E-state index contributed by atoms with van der Waals surface area (Å²) in [4.78, 5) is 19.8. The van der Waals surface area contributed by atoms with E-state index < -0.39 is 0 Å². The first-order valence-corrected chi connectivity index (χ1v) is 8.74. The number of rotatable bonds is 5. The van der Waals surface area contributed by atoms with E-state index in [-0.39, 0.29) is 11.4 Å². The molecule has 2 aliphatic heterocycles. The Morgan fingerprint density at radius 3 is 2.58 bits per heavy atom. The fourth-order valence-electron chi connectivity index (χ4n) is 3.95. The zero-order valence-corrected chi connectivity index (χ0v) is 15.1. The zero-order chi connectivity index (χ0) is 17.2. The largest absolute Gasteiger partial charge is 0.383 e. The lowest BCUT2D eigenvalue weighted by Crippen LogP contribution is -2.67. The van der Waals surface area contributed by atoms with Gasteiger partial charge in [-0.2, -0.15) is 5.10 Å². The molecule has 134 valence electrons. The maximum Gasteiger partial charge on any atom is 0.243 e. The predicted molar refractivity (Wildman–Crippen MR) is 91.5 cm³/mol. The van der Waals surface area contributed by atoms with Crippen molar-refractivity contribution in [2.45, 2.75) is 24.9 Å². The maximum atomic E-state index is 13.1. The van der Waals surface area contributed by atoms with Crippen LogP contribution in [-0.4, -0.2) is 89.4 Å². The van der Waals surface area contributed by atoms with Gasteiger partial charge < -0.3 is 9.64 Å². The third-order valence-corrected chi connectivity index (χ3v) is 5.53. The van der Waals surface area contributed by atoms with Crippen LogP contribution in [0.15, 0.2) is 12.4 Å². The van der Waals surface area contributed by atoms with Crippen LogP contribution in [0.3, 0.4) is 0 Å². The van der Waals surface area contributed by atoms with Crippen molar-refractivity contribution in [2.75, 3.05) is 53.5 Å². The van der Waals surface area contributed by atoms with E-state index in [1.165, 1.54) is 5.56 Å². The molecular weight excluding hydrogens is 306 g/mol. The Balaban J connectivity index is 1.62. The highest BCUT2D eigenvalue weighted by molar-refractivity contribution is 5.87. The first-order chi connectivity index (χ1) is 11.5. The molecule has 3 heterocycles. The van der Waals surface area contributed by atoms with Gasteiger partial charge in [0.05, 0.1) is 12.8 Å². The summed E-state index contributed by atoms with van der Waals surface area (Å²) in [5.74, 6) is 0.286. The number of aromatic nitrogens is 2. The molecule has 1 spiro atoms. The van der Waals surface area contributed by atoms with E-state index in [2.05, 4.69) is 28.1 Å². The van der Waals surface area contributed by atoms with Gasteiger partial charge in [0.25, 0.3) is 0 Å². The number of piperidine rings is 1. The van der Waals surface area contributed by atoms with Crippen LogP contribution >= 0.6 is 0 Å². The van der Waals surface area contributed by atoms with E-state index in [9.17, 15) is 4.79 Å². The number of carbonyl (C=O) groups is 1. The van der Waals surface area contributed by atoms with E-state index in [0.29, 0.717) is 13.2 Å². The first-order valence-electron chi connectivity index (χ1n) is 8.74. The molecule has 0 bridgehead atoms. The Hall–Kier alpha value is -1.44. The number of likely N-dealkylation sites (N-methyl/N-ethyl adjacent to an activating group) is 1. The van der Waals surface area contributed by atoms with E-state index in [0.717, 1.165) is 45.6 Å². The van der Waals surface area contributed by atoms with E-state index >= 15 is 0 Å². The topological polar surface area (TPSA) is 53.8 Å². The van der Waals surface area contributed by atoms with Gasteiger partial charge in [0.1, 0.15) is 5.54 Å². The molecule has 2 aliphatic rings. The number of methoxy groups -OCH3 is 1. The second-order valence-electron chi connectivity index (χ2n) is 7.04. The van der Waals surface area contributed by atoms with E-state index in [1.807, 2.05) is 22.8 Å². The van der Waals surface area contributed by atoms with Crippen molar-refractivity contribution in [3.05, 3.63) is 18.0 Å². The molecule has 0 aromatic carbocycles. The lowest BCUT2D eigenvalue weighted by atomic mass is 9.82. The minimum Gasteiger partial charge on any atom is -0.383 e. The molecule has 0 saturated carbocycles. The van der Waals surface area contributed by atoms with Crippen molar-refractivity contribution < 1.29 is 9.53 Å². The molecule has 1 aromatic rings. The lowest BCUT2D eigenvalue weighted by Gasteiger charge is -2.51. The summed E-state index contributed by atoms with van der Waals surface area (Å²) < 4.78 is 7.00. The molecule has 0 aliphatic carbocycles. The maximum absolute atomic E-state index is 13.1. The summed E-state index contributed by atoms with van der Waals surface area (Å²) in [5, 5.41) is 4.24. The van der Waals surface area contributed by atoms with Gasteiger partial charge in [-0.25, -0.2) is 0 Å². The number of ether oxygens (including phenoxy) is 1. The van der Waals surface area contributed by atoms with Crippen LogP contribution in [0.25, 0.3) is 0 Å². The molecule has 1 aromatic heterocycles. The number of hydrogen-bond acceptors (Lipinski definition) is 5. The van der Waals surface area contributed by atoms with Crippen molar-refractivity contribution in [1.29, 1.82) is 0 Å². The van der Waals surface area contributed by atoms with Crippen LogP contribution in [0.4, 0.5) is 0 Å². The average molecular weight is 335 g/mol. The monoisotopic (exact) mass is 335 g/mol. The van der Waals surface area contributed by atoms with Crippen LogP contribution in [0, 0.1) is 0 Å². The number of hydrogen-bond donors (Lipinski definition) is 0. The average Bonchev–Trinajstić information content (AvgIpc) is 2.99. The van der Waals surface area contributed by atoms with Crippen LogP contribution < -0.4 is 0 Å². The molecule has 7 nitrogen and oxygen atoms in total. The number of likely N-dealkylation sites (tertiary alicyclic amines) is 1. The second-order valence-corrected chi connectivity index (χ2v) is 7.04. The fourth-order valence-corrected chi connectivity index (χ4v) is 3.95. The van der Waals surface area contributed by atoms with Crippen molar-refractivity contribution in [3.63, 3.8) is 0 Å². The standard InChI is InChI=1S/C17H29N5O2/c1-19-8-9-22(10-11-24-3)16(23)17(19)4-6-21(7-5-17)14-15-12-18-20(2)13-15/h12-13H,4-11,14H2,1-3H3. The summed E-state index contributed by atoms with van der Waals surface area (Å²) in [6, 6.07) is 0. The summed E-state index contributed by atoms with van der Waals surface area (Å²) in [6.07, 6.45) is 5.78. The smallest absolute Gasteiger partial charge is 0.243 e. The molecule has 2 fully saturated rings. The Bertz CT molecular complexity index is 563. The van der Waals surface area contributed by atoms with Crippen LogP contribution in [0.5, 0.6) is 0 Å². The SMILES string of the molecule is COCCN1CCN(C)C2(CCN(Cc3cnn(C)c3)CC2)C1=O. The van der Waals surface area contributed by atoms with Crippen LogP contribution in [0.2, 0.25) is 0 Å². The quantitative estimate of drug-likeness (QED) is 0.768. The summed E-state index contributed by atoms with van der Waals surface area (Å²) in [6.45, 7) is 5.86. The summed E-state index contributed by atoms with van der Waals surface area (Å²) >= 11 is 0. The van der Waals surface area contributed by atoms with Crippen LogP contribution in [0.1, 0.15) is 18.4 Å². The van der Waals surface area contributed by atoms with Crippen molar-refractivity contribution in [3.8, 4) is 0 Å². The fraction of sp³-hybridized carbons (Fsp3) is 0.765. The molecule has 7 heteroatoms. The normalized spacial score (nSPS) is 22.5. The van der Waals surface area contributed by atoms with Gasteiger partial charge in [0, 0.05) is 65.2 Å². The molecular formula is C17H29N5O2. The Morgan fingerprint density at radius 2 is 1.96 bits per heavy atom. The third kappa shape index (κ3) is 3.34. The van der Waals surface area contributed by atoms with Gasteiger partial charge >= 0.3 is 0 Å². The summed E-state index contributed by atoms with van der Waals surface area (Å²) in [5.41, 5.74) is 0.913. The lowest BCUT2D eigenvalue weighted by molar-refractivity contribution is -0.155. The highest BCUT2D eigenvalue weighted by atomic mass is 16.5. The Kier molecular flexibility index (Phi) is 5.22. The van der Waals surface area contributed by atoms with Crippen LogP contribution in [-0.2, 0) is 23.1 Å². The number of nitrogens with zero attached hydrogens (tertiary/aromatic N) is 5. The molecule has 0 unspecified atom stereocenters. The molecule has 0 atom stereocenters. The molecule has 3 rings (SSSR count). The van der Waals surface area contributed by atoms with Crippen molar-refractivity contribution >= 4 is 5.91 Å². The number of aryl methyl sites for hydroxylation is 1. The Labute approximate surface area is 144 Å². The highest BCUT2D eigenvalue weighted by Crippen LogP contribution is 2.33. The van der Waals surface area contributed by atoms with E-state index in [4.69, 9.17) is 4.74 Å². The zero-order valence-electron chi connectivity index (χ0n) is 15.1. The molecule has 0 N–H and O–H groups in total. The van der Waals surface area contributed by atoms with Gasteiger partial charge in [0.2, 0.25) is 5.91 Å². The third-order valence-electron chi connectivity index (χ3n) is 5.53. The molecule has 1 amide bonds. The van der Waals surface area contributed by atoms with Crippen molar-refractivity contribution in [1.82, 2.24) is 24.5 Å². The molecule has 2 saturated heterocycles. The minimum absolute atomic E-state index is 0.286. The van der Waals surface area contributed by atoms with Gasteiger partial charge in [-0.3, -0.25) is 19.3 Å². The van der Waals surface area contributed by atoms with Gasteiger partial charge in [0.15, 0.2) is 0 Å². The Morgan fingerprint density at radius 1 is 1.21 bits per heavy atom. The number of amides is 1. The predicted octanol–water partition coefficient (Wildman–Crippen LogP) is 0.175. The number of carbonyl (C=O) groups excluding carboxylic acids is 1. The van der Waals surface area contributed by atoms with E-state index in [1.54, 1.807) is 7.11 Å². The number of piperazine rings is 1. The summed E-state index contributed by atoms with van der Waals surface area (Å²) in [7, 11) is 5.73. The van der Waals surface area contributed by atoms with Gasteiger partial charge in [-0.15, -0.1) is 0 Å². The second kappa shape index (κ2) is 7.21. The van der Waals surface area contributed by atoms with Crippen molar-refractivity contribution in [2.24, 2.45) is 7.05 Å². The minimum atomic E-state index is -0.322. The molecule has 0 radical (unpaired) electrons. The molecule has 24 heavy (non-hydrogen) atoms. The highest BCUT2D eigenvalue weighted by Gasteiger charge is 2.48. The first kappa shape index (κ1) is 17.4. The van der Waals surface area contributed by atoms with Gasteiger partial charge in [-0.1, -0.05) is 0 Å². The van der Waals surface area contributed by atoms with Gasteiger partial charge in [-0.05, 0) is 19.9 Å².